The molecule has 1 heterocycles. The Morgan fingerprint density at radius 2 is 2.05 bits per heavy atom. The molecule has 0 atom stereocenters. The van der Waals surface area contributed by atoms with Crippen LogP contribution < -0.4 is 10.6 Å². The molecule has 0 amide bonds. The van der Waals surface area contributed by atoms with E-state index in [0.717, 1.165) is 38.5 Å². The minimum absolute atomic E-state index is 0.697. The van der Waals surface area contributed by atoms with E-state index in [-0.39, 0.29) is 0 Å². The highest BCUT2D eigenvalue weighted by atomic mass is 32.1. The minimum atomic E-state index is 0.697. The third-order valence-electron chi connectivity index (χ3n) is 2.87. The molecule has 114 valence electrons. The monoisotopic (exact) mass is 298 g/mol. The van der Waals surface area contributed by atoms with E-state index in [1.165, 1.54) is 15.6 Å². The molecule has 1 rings (SSSR count). The van der Waals surface area contributed by atoms with E-state index in [1.54, 1.807) is 18.4 Å². The molecule has 0 saturated carbocycles. The van der Waals surface area contributed by atoms with Crippen molar-refractivity contribution in [2.75, 3.05) is 33.4 Å². The molecule has 0 aliphatic heterocycles. The van der Waals surface area contributed by atoms with Gasteiger partial charge in [0.2, 0.25) is 0 Å². The second kappa shape index (κ2) is 9.72. The van der Waals surface area contributed by atoms with Gasteiger partial charge < -0.3 is 15.4 Å². The first kappa shape index (κ1) is 16.9. The molecule has 1 aromatic rings. The van der Waals surface area contributed by atoms with E-state index in [1.807, 2.05) is 6.92 Å². The first-order valence-corrected chi connectivity index (χ1v) is 8.00. The van der Waals surface area contributed by atoms with Crippen LogP contribution in [-0.2, 0) is 17.6 Å². The Bertz CT molecular complexity index is 417. The fourth-order valence-electron chi connectivity index (χ4n) is 1.82. The van der Waals surface area contributed by atoms with Gasteiger partial charge in [-0.05, 0) is 20.3 Å². The average Bonchev–Trinajstić information content (AvgIpc) is 2.81. The normalized spacial score (nSPS) is 11.7. The number of nitrogens with zero attached hydrogens (tertiary/aromatic N) is 2. The van der Waals surface area contributed by atoms with E-state index >= 15 is 0 Å². The first-order chi connectivity index (χ1) is 9.71. The van der Waals surface area contributed by atoms with E-state index in [9.17, 15) is 0 Å². The molecule has 0 aromatic carbocycles. The maximum absolute atomic E-state index is 5.28. The lowest BCUT2D eigenvalue weighted by molar-refractivity contribution is 0.152. The molecule has 5 nitrogen and oxygen atoms in total. The molecule has 6 heteroatoms. The van der Waals surface area contributed by atoms with Gasteiger partial charge in [0.1, 0.15) is 0 Å². The molecule has 0 radical (unpaired) electrons. The van der Waals surface area contributed by atoms with Crippen molar-refractivity contribution < 1.29 is 4.74 Å². The summed E-state index contributed by atoms with van der Waals surface area (Å²) in [6.45, 7) is 9.33. The van der Waals surface area contributed by atoms with Crippen molar-refractivity contribution in [3.05, 3.63) is 15.6 Å². The molecule has 0 unspecified atom stereocenters. The molecule has 20 heavy (non-hydrogen) atoms. The number of ether oxygens (including phenoxy) is 1. The smallest absolute Gasteiger partial charge is 0.191 e. The van der Waals surface area contributed by atoms with Gasteiger partial charge in [-0.25, -0.2) is 4.98 Å². The zero-order valence-electron chi connectivity index (χ0n) is 13.0. The molecule has 0 aliphatic carbocycles. The fraction of sp³-hybridized carbons (Fsp3) is 0.714. The zero-order chi connectivity index (χ0) is 14.8. The number of aliphatic imine (C=N–C) groups is 1. The Morgan fingerprint density at radius 1 is 1.30 bits per heavy atom. The highest BCUT2D eigenvalue weighted by Gasteiger charge is 2.05. The molecular formula is C14H26N4OS. The number of aryl methyl sites for hydroxylation is 2. The molecule has 0 bridgehead atoms. The van der Waals surface area contributed by atoms with Crippen LogP contribution in [0.3, 0.4) is 0 Å². The van der Waals surface area contributed by atoms with Crippen LogP contribution in [0, 0.1) is 6.92 Å². The zero-order valence-corrected chi connectivity index (χ0v) is 13.8. The van der Waals surface area contributed by atoms with Gasteiger partial charge in [0.25, 0.3) is 0 Å². The van der Waals surface area contributed by atoms with E-state index in [4.69, 9.17) is 4.74 Å². The fourth-order valence-corrected chi connectivity index (χ4v) is 2.84. The summed E-state index contributed by atoms with van der Waals surface area (Å²) in [4.78, 5) is 10.1. The largest absolute Gasteiger partial charge is 0.380 e. The van der Waals surface area contributed by atoms with Gasteiger partial charge in [-0.1, -0.05) is 6.92 Å². The van der Waals surface area contributed by atoms with Gasteiger partial charge in [-0.15, -0.1) is 11.3 Å². The highest BCUT2D eigenvalue weighted by Crippen LogP contribution is 2.17. The van der Waals surface area contributed by atoms with Gasteiger partial charge in [0.15, 0.2) is 5.96 Å². The number of guanidine groups is 1. The Morgan fingerprint density at radius 3 is 2.65 bits per heavy atom. The predicted molar refractivity (Wildman–Crippen MR) is 85.8 cm³/mol. The molecule has 0 saturated heterocycles. The molecule has 0 spiro atoms. The summed E-state index contributed by atoms with van der Waals surface area (Å²) >= 11 is 1.79. The summed E-state index contributed by atoms with van der Waals surface area (Å²) in [5, 5.41) is 7.70. The van der Waals surface area contributed by atoms with E-state index in [2.05, 4.69) is 34.5 Å². The summed E-state index contributed by atoms with van der Waals surface area (Å²) in [5.41, 5.74) is 1.23. The highest BCUT2D eigenvalue weighted by molar-refractivity contribution is 7.11. The van der Waals surface area contributed by atoms with Gasteiger partial charge in [-0.3, -0.25) is 4.99 Å². The van der Waals surface area contributed by atoms with Crippen LogP contribution in [0.2, 0.25) is 0 Å². The predicted octanol–water partition coefficient (Wildman–Crippen LogP) is 1.76. The van der Waals surface area contributed by atoms with Gasteiger partial charge in [0.05, 0.1) is 17.3 Å². The minimum Gasteiger partial charge on any atom is -0.380 e. The van der Waals surface area contributed by atoms with E-state index < -0.39 is 0 Å². The maximum Gasteiger partial charge on any atom is 0.191 e. The third-order valence-corrected chi connectivity index (χ3v) is 3.94. The number of hydrogen-bond acceptors (Lipinski definition) is 4. The molecular weight excluding hydrogens is 272 g/mol. The summed E-state index contributed by atoms with van der Waals surface area (Å²) in [7, 11) is 1.78. The van der Waals surface area contributed by atoms with Crippen molar-refractivity contribution in [3.63, 3.8) is 0 Å². The second-order valence-corrected chi connectivity index (χ2v) is 5.62. The Kier molecular flexibility index (Phi) is 8.22. The molecule has 2 N–H and O–H groups in total. The summed E-state index contributed by atoms with van der Waals surface area (Å²) in [6, 6.07) is 0. The van der Waals surface area contributed by atoms with Crippen LogP contribution in [0.15, 0.2) is 4.99 Å². The van der Waals surface area contributed by atoms with Crippen molar-refractivity contribution in [3.8, 4) is 0 Å². The molecule has 0 fully saturated rings. The number of rotatable bonds is 8. The summed E-state index contributed by atoms with van der Waals surface area (Å²) < 4.78 is 5.28. The lowest BCUT2D eigenvalue weighted by Crippen LogP contribution is -2.39. The SMILES string of the molecule is CCOCCNC(=NC)NCCc1nc(CC)c(C)s1. The topological polar surface area (TPSA) is 58.5 Å². The number of nitrogens with one attached hydrogen (secondary N) is 2. The second-order valence-electron chi connectivity index (χ2n) is 4.34. The number of thiazole rings is 1. The average molecular weight is 298 g/mol. The third kappa shape index (κ3) is 5.88. The number of hydrogen-bond donors (Lipinski definition) is 2. The van der Waals surface area contributed by atoms with E-state index in [0.29, 0.717) is 6.61 Å². The van der Waals surface area contributed by atoms with Crippen molar-refractivity contribution in [2.24, 2.45) is 4.99 Å². The lowest BCUT2D eigenvalue weighted by Gasteiger charge is -2.11. The first-order valence-electron chi connectivity index (χ1n) is 7.18. The van der Waals surface area contributed by atoms with Crippen molar-refractivity contribution >= 4 is 17.3 Å². The molecule has 1 aromatic heterocycles. The summed E-state index contributed by atoms with van der Waals surface area (Å²) in [6.07, 6.45) is 1.94. The standard InChI is InChI=1S/C14H26N4OS/c1-5-12-11(3)20-13(18-12)7-8-16-14(15-4)17-9-10-19-6-2/h5-10H2,1-4H3,(H2,15,16,17). The van der Waals surface area contributed by atoms with Gasteiger partial charge >= 0.3 is 0 Å². The Labute approximate surface area is 125 Å². The Balaban J connectivity index is 2.27. The van der Waals surface area contributed by atoms with Crippen molar-refractivity contribution in [1.82, 2.24) is 15.6 Å². The van der Waals surface area contributed by atoms with Crippen LogP contribution in [-0.4, -0.2) is 44.3 Å². The lowest BCUT2D eigenvalue weighted by atomic mass is 10.3. The molecule has 0 aliphatic rings. The summed E-state index contributed by atoms with van der Waals surface area (Å²) in [5.74, 6) is 0.814. The van der Waals surface area contributed by atoms with Crippen molar-refractivity contribution in [1.29, 1.82) is 0 Å². The van der Waals surface area contributed by atoms with Crippen molar-refractivity contribution in [2.45, 2.75) is 33.6 Å². The van der Waals surface area contributed by atoms with Crippen LogP contribution in [0.4, 0.5) is 0 Å². The Hall–Kier alpha value is -1.14. The maximum atomic E-state index is 5.28. The van der Waals surface area contributed by atoms with Gasteiger partial charge in [-0.2, -0.15) is 0 Å². The number of aromatic nitrogens is 1. The van der Waals surface area contributed by atoms with Crippen LogP contribution in [0.1, 0.15) is 29.4 Å². The quantitative estimate of drug-likeness (QED) is 0.436. The van der Waals surface area contributed by atoms with Crippen LogP contribution >= 0.6 is 11.3 Å². The van der Waals surface area contributed by atoms with Crippen LogP contribution in [0.25, 0.3) is 0 Å². The van der Waals surface area contributed by atoms with Crippen LogP contribution in [0.5, 0.6) is 0 Å². The van der Waals surface area contributed by atoms with Gasteiger partial charge in [0, 0.05) is 38.0 Å².